The third kappa shape index (κ3) is 6.83. The molecular formula is C22H35FO. The van der Waals surface area contributed by atoms with Crippen LogP contribution in [0.3, 0.4) is 0 Å². The van der Waals surface area contributed by atoms with Crippen LogP contribution in [0.4, 0.5) is 4.39 Å². The normalized spacial score (nSPS) is 23.6. The molecule has 2 heteroatoms. The third-order valence-corrected chi connectivity index (χ3v) is 5.71. The number of para-hydroxylation sites is 1. The molecule has 1 saturated carbocycles. The molecule has 1 fully saturated rings. The van der Waals surface area contributed by atoms with E-state index in [4.69, 9.17) is 4.74 Å². The van der Waals surface area contributed by atoms with Crippen molar-refractivity contribution in [2.24, 2.45) is 17.8 Å². The van der Waals surface area contributed by atoms with Gasteiger partial charge in [0, 0.05) is 0 Å². The van der Waals surface area contributed by atoms with Gasteiger partial charge in [0.15, 0.2) is 0 Å². The number of unbranched alkanes of at least 4 members (excludes halogenated alkanes) is 2. The molecule has 0 spiro atoms. The largest absolute Gasteiger partial charge is 0.491 e. The summed E-state index contributed by atoms with van der Waals surface area (Å²) >= 11 is 0. The molecular weight excluding hydrogens is 299 g/mol. The molecule has 1 nitrogen and oxygen atoms in total. The van der Waals surface area contributed by atoms with Crippen molar-refractivity contribution >= 4 is 0 Å². The van der Waals surface area contributed by atoms with Crippen molar-refractivity contribution in [2.75, 3.05) is 6.61 Å². The molecule has 2 rings (SSSR count). The highest BCUT2D eigenvalue weighted by atomic mass is 19.1. The number of benzene rings is 1. The zero-order chi connectivity index (χ0) is 17.2. The van der Waals surface area contributed by atoms with Crippen LogP contribution in [0.2, 0.25) is 0 Å². The summed E-state index contributed by atoms with van der Waals surface area (Å²) in [6, 6.07) is 9.56. The minimum absolute atomic E-state index is 0.181. The molecule has 0 bridgehead atoms. The molecule has 0 radical (unpaired) electrons. The fourth-order valence-corrected chi connectivity index (χ4v) is 4.10. The number of hydrogen-bond donors (Lipinski definition) is 0. The fraction of sp³-hybridized carbons (Fsp3) is 0.727. The van der Waals surface area contributed by atoms with Crippen LogP contribution in [0.1, 0.15) is 71.6 Å². The average molecular weight is 335 g/mol. The van der Waals surface area contributed by atoms with Crippen LogP contribution in [0.15, 0.2) is 30.3 Å². The van der Waals surface area contributed by atoms with Gasteiger partial charge in [-0.15, -0.1) is 0 Å². The summed E-state index contributed by atoms with van der Waals surface area (Å²) < 4.78 is 19.8. The second-order valence-electron chi connectivity index (χ2n) is 7.71. The van der Waals surface area contributed by atoms with Gasteiger partial charge in [-0.2, -0.15) is 0 Å². The van der Waals surface area contributed by atoms with Crippen molar-refractivity contribution in [1.29, 1.82) is 0 Å². The summed E-state index contributed by atoms with van der Waals surface area (Å²) in [7, 11) is 0. The zero-order valence-corrected chi connectivity index (χ0v) is 15.6. The molecule has 1 aromatic carbocycles. The van der Waals surface area contributed by atoms with E-state index < -0.39 is 6.17 Å². The maximum absolute atomic E-state index is 14.3. The van der Waals surface area contributed by atoms with Gasteiger partial charge in [0.05, 0.1) is 0 Å². The van der Waals surface area contributed by atoms with Crippen molar-refractivity contribution < 1.29 is 9.13 Å². The molecule has 2 atom stereocenters. The Labute approximate surface area is 148 Å². The van der Waals surface area contributed by atoms with Crippen LogP contribution < -0.4 is 4.74 Å². The standard InChI is InChI=1S/C22H35FO/c1-3-4-6-9-19-12-14-20(15-13-19)18(2)16-21(23)17-24-22-10-7-5-8-11-22/h5,7-8,10-11,18-21H,3-4,6,9,12-17H2,1-2H3. The van der Waals surface area contributed by atoms with Gasteiger partial charge in [0.25, 0.3) is 0 Å². The molecule has 1 aliphatic carbocycles. The van der Waals surface area contributed by atoms with Crippen LogP contribution in [0.5, 0.6) is 5.75 Å². The van der Waals surface area contributed by atoms with E-state index in [9.17, 15) is 4.39 Å². The highest BCUT2D eigenvalue weighted by molar-refractivity contribution is 5.20. The summed E-state index contributed by atoms with van der Waals surface area (Å²) in [5.41, 5.74) is 0. The minimum atomic E-state index is -0.859. The number of rotatable bonds is 10. The summed E-state index contributed by atoms with van der Waals surface area (Å²) in [6.07, 6.45) is 10.6. The minimum Gasteiger partial charge on any atom is -0.491 e. The molecule has 0 amide bonds. The van der Waals surface area contributed by atoms with Gasteiger partial charge in [0.2, 0.25) is 0 Å². The topological polar surface area (TPSA) is 9.23 Å². The van der Waals surface area contributed by atoms with Crippen molar-refractivity contribution in [3.05, 3.63) is 30.3 Å². The van der Waals surface area contributed by atoms with Crippen molar-refractivity contribution in [3.63, 3.8) is 0 Å². The predicted molar refractivity (Wildman–Crippen MR) is 100 cm³/mol. The SMILES string of the molecule is CCCCCC1CCC(C(C)CC(F)COc2ccccc2)CC1. The Kier molecular flexibility index (Phi) is 8.63. The molecule has 2 unspecified atom stereocenters. The van der Waals surface area contributed by atoms with Crippen molar-refractivity contribution in [1.82, 2.24) is 0 Å². The lowest BCUT2D eigenvalue weighted by molar-refractivity contribution is 0.132. The van der Waals surface area contributed by atoms with Crippen LogP contribution in [-0.4, -0.2) is 12.8 Å². The van der Waals surface area contributed by atoms with Crippen LogP contribution in [-0.2, 0) is 0 Å². The molecule has 136 valence electrons. The van der Waals surface area contributed by atoms with Crippen LogP contribution >= 0.6 is 0 Å². The summed E-state index contributed by atoms with van der Waals surface area (Å²) in [5.74, 6) is 2.88. The fourth-order valence-electron chi connectivity index (χ4n) is 4.10. The van der Waals surface area contributed by atoms with E-state index in [1.54, 1.807) is 0 Å². The van der Waals surface area contributed by atoms with E-state index >= 15 is 0 Å². The quantitative estimate of drug-likeness (QED) is 0.427. The van der Waals surface area contributed by atoms with Crippen LogP contribution in [0, 0.1) is 17.8 Å². The highest BCUT2D eigenvalue weighted by Gasteiger charge is 2.26. The first-order valence-corrected chi connectivity index (χ1v) is 10.0. The maximum Gasteiger partial charge on any atom is 0.134 e. The van der Waals surface area contributed by atoms with E-state index in [1.165, 1.54) is 51.4 Å². The Bertz CT molecular complexity index is 425. The predicted octanol–water partition coefficient (Wildman–Crippen LogP) is 6.82. The van der Waals surface area contributed by atoms with Gasteiger partial charge in [-0.25, -0.2) is 4.39 Å². The monoisotopic (exact) mass is 334 g/mol. The van der Waals surface area contributed by atoms with Gasteiger partial charge in [-0.1, -0.05) is 70.6 Å². The van der Waals surface area contributed by atoms with Gasteiger partial charge in [-0.05, 0) is 49.1 Å². The van der Waals surface area contributed by atoms with Crippen molar-refractivity contribution in [2.45, 2.75) is 77.8 Å². The highest BCUT2D eigenvalue weighted by Crippen LogP contribution is 2.37. The Morgan fingerprint density at radius 3 is 2.46 bits per heavy atom. The van der Waals surface area contributed by atoms with Gasteiger partial charge in [-0.3, -0.25) is 0 Å². The lowest BCUT2D eigenvalue weighted by Gasteiger charge is -2.33. The maximum atomic E-state index is 14.3. The average Bonchev–Trinajstić information content (AvgIpc) is 2.61. The molecule has 1 aromatic rings. The van der Waals surface area contributed by atoms with Gasteiger partial charge in [0.1, 0.15) is 18.5 Å². The Morgan fingerprint density at radius 1 is 1.08 bits per heavy atom. The summed E-state index contributed by atoms with van der Waals surface area (Å²) in [4.78, 5) is 0. The van der Waals surface area contributed by atoms with E-state index in [-0.39, 0.29) is 6.61 Å². The van der Waals surface area contributed by atoms with E-state index in [1.807, 2.05) is 30.3 Å². The van der Waals surface area contributed by atoms with Crippen molar-refractivity contribution in [3.8, 4) is 5.75 Å². The van der Waals surface area contributed by atoms with Gasteiger partial charge < -0.3 is 4.74 Å². The van der Waals surface area contributed by atoms with Crippen LogP contribution in [0.25, 0.3) is 0 Å². The lowest BCUT2D eigenvalue weighted by atomic mass is 9.74. The first-order valence-electron chi connectivity index (χ1n) is 10.0. The zero-order valence-electron chi connectivity index (χ0n) is 15.6. The summed E-state index contributed by atoms with van der Waals surface area (Å²) in [5, 5.41) is 0. The molecule has 1 aliphatic rings. The molecule has 0 aliphatic heterocycles. The number of ether oxygens (including phenoxy) is 1. The molecule has 0 heterocycles. The second kappa shape index (κ2) is 10.7. The Hall–Kier alpha value is -1.05. The number of hydrogen-bond acceptors (Lipinski definition) is 1. The molecule has 0 aromatic heterocycles. The smallest absolute Gasteiger partial charge is 0.134 e. The molecule has 24 heavy (non-hydrogen) atoms. The van der Waals surface area contributed by atoms with E-state index in [2.05, 4.69) is 13.8 Å². The number of halogens is 1. The lowest BCUT2D eigenvalue weighted by Crippen LogP contribution is -2.24. The Morgan fingerprint density at radius 2 is 1.79 bits per heavy atom. The summed E-state index contributed by atoms with van der Waals surface area (Å²) in [6.45, 7) is 4.69. The molecule has 0 N–H and O–H groups in total. The van der Waals surface area contributed by atoms with E-state index in [0.29, 0.717) is 18.3 Å². The number of alkyl halides is 1. The molecule has 0 saturated heterocycles. The van der Waals surface area contributed by atoms with Gasteiger partial charge >= 0.3 is 0 Å². The second-order valence-corrected chi connectivity index (χ2v) is 7.71. The first kappa shape index (κ1) is 19.3. The Balaban J connectivity index is 1.62. The third-order valence-electron chi connectivity index (χ3n) is 5.71. The van der Waals surface area contributed by atoms with E-state index in [0.717, 1.165) is 11.7 Å². The first-order chi connectivity index (χ1) is 11.7.